The van der Waals surface area contributed by atoms with Crippen LogP contribution in [0, 0.1) is 19.8 Å². The average Bonchev–Trinajstić information content (AvgIpc) is 2.60. The minimum atomic E-state index is -0.195. The molecule has 0 aliphatic heterocycles. The number of aryl methyl sites for hydroxylation is 1. The number of carbonyl (C=O) groups is 1. The van der Waals surface area contributed by atoms with E-state index >= 15 is 0 Å². The summed E-state index contributed by atoms with van der Waals surface area (Å²) in [6.45, 7) is 7.32. The Balaban J connectivity index is 1.92. The van der Waals surface area contributed by atoms with Crippen LogP contribution in [0.1, 0.15) is 47.3 Å². The van der Waals surface area contributed by atoms with Crippen molar-refractivity contribution in [1.29, 1.82) is 0 Å². The van der Waals surface area contributed by atoms with E-state index in [9.17, 15) is 4.79 Å². The first kappa shape index (κ1) is 17.8. The quantitative estimate of drug-likeness (QED) is 0.677. The molecule has 2 aromatic rings. The Bertz CT molecular complexity index is 768. The van der Waals surface area contributed by atoms with E-state index in [1.165, 1.54) is 11.1 Å². The molecule has 0 fully saturated rings. The second-order valence-electron chi connectivity index (χ2n) is 6.79. The van der Waals surface area contributed by atoms with Crippen LogP contribution in [0.25, 0.3) is 0 Å². The first-order valence-corrected chi connectivity index (χ1v) is 8.98. The molecule has 2 aromatic carbocycles. The van der Waals surface area contributed by atoms with Crippen molar-refractivity contribution in [3.05, 3.63) is 63.2 Å². The molecular weight excluding hydrogens is 336 g/mol. The van der Waals surface area contributed by atoms with E-state index in [4.69, 9.17) is 21.1 Å². The minimum absolute atomic E-state index is 0.195. The summed E-state index contributed by atoms with van der Waals surface area (Å²) in [5.41, 5.74) is 5.73. The van der Waals surface area contributed by atoms with Gasteiger partial charge in [-0.15, -0.1) is 0 Å². The highest BCUT2D eigenvalue weighted by Gasteiger charge is 2.31. The Labute approximate surface area is 153 Å². The summed E-state index contributed by atoms with van der Waals surface area (Å²) in [6, 6.07) is 9.74. The van der Waals surface area contributed by atoms with Gasteiger partial charge < -0.3 is 9.47 Å². The average molecular weight is 359 g/mol. The lowest BCUT2D eigenvalue weighted by molar-refractivity contribution is -0.136. The van der Waals surface area contributed by atoms with E-state index in [-0.39, 0.29) is 6.10 Å². The maximum absolute atomic E-state index is 11.0. The number of hydrogen-bond donors (Lipinski definition) is 0. The number of ether oxygens (including phenoxy) is 2. The standard InChI is InChI=1S/C21H23ClO3/c1-13-4-9-18-14(2)10-19(15(3)20(18)21(13)25-12-23)24-11-16-5-7-17(22)8-6-16/h5-8,10,12-13,21H,4,9,11H2,1-3H3/t13-,21-/m1/s1. The fraction of sp³-hybridized carbons (Fsp3) is 0.381. The van der Waals surface area contributed by atoms with Gasteiger partial charge in [-0.2, -0.15) is 0 Å². The molecule has 4 heteroatoms. The second-order valence-corrected chi connectivity index (χ2v) is 7.23. The Hall–Kier alpha value is -2.00. The van der Waals surface area contributed by atoms with Crippen molar-refractivity contribution in [1.82, 2.24) is 0 Å². The Morgan fingerprint density at radius 2 is 1.96 bits per heavy atom. The lowest BCUT2D eigenvalue weighted by Crippen LogP contribution is -2.23. The highest BCUT2D eigenvalue weighted by Crippen LogP contribution is 2.42. The summed E-state index contributed by atoms with van der Waals surface area (Å²) >= 11 is 5.93. The molecule has 0 radical (unpaired) electrons. The van der Waals surface area contributed by atoms with Crippen molar-refractivity contribution >= 4 is 18.1 Å². The molecule has 0 unspecified atom stereocenters. The fourth-order valence-corrected chi connectivity index (χ4v) is 3.77. The fourth-order valence-electron chi connectivity index (χ4n) is 3.64. The van der Waals surface area contributed by atoms with Gasteiger partial charge in [-0.05, 0) is 73.1 Å². The van der Waals surface area contributed by atoms with Gasteiger partial charge in [0.25, 0.3) is 6.47 Å². The molecule has 0 saturated heterocycles. The van der Waals surface area contributed by atoms with Gasteiger partial charge in [0.2, 0.25) is 0 Å². The number of halogens is 1. The van der Waals surface area contributed by atoms with Gasteiger partial charge in [-0.25, -0.2) is 0 Å². The molecule has 25 heavy (non-hydrogen) atoms. The van der Waals surface area contributed by atoms with E-state index < -0.39 is 0 Å². The molecular formula is C21H23ClO3. The van der Waals surface area contributed by atoms with Gasteiger partial charge in [0, 0.05) is 10.6 Å². The molecule has 3 nitrogen and oxygen atoms in total. The van der Waals surface area contributed by atoms with Gasteiger partial charge in [-0.1, -0.05) is 30.7 Å². The monoisotopic (exact) mass is 358 g/mol. The van der Waals surface area contributed by atoms with E-state index in [1.54, 1.807) is 0 Å². The van der Waals surface area contributed by atoms with Crippen LogP contribution in [0.3, 0.4) is 0 Å². The third-order valence-corrected chi connectivity index (χ3v) is 5.34. The number of hydrogen-bond acceptors (Lipinski definition) is 3. The smallest absolute Gasteiger partial charge is 0.293 e. The Morgan fingerprint density at radius 3 is 2.64 bits per heavy atom. The zero-order valence-electron chi connectivity index (χ0n) is 14.8. The highest BCUT2D eigenvalue weighted by atomic mass is 35.5. The van der Waals surface area contributed by atoms with Crippen molar-refractivity contribution in [3.8, 4) is 5.75 Å². The van der Waals surface area contributed by atoms with Crippen LogP contribution in [0.5, 0.6) is 5.75 Å². The molecule has 0 amide bonds. The van der Waals surface area contributed by atoms with Crippen molar-refractivity contribution in [3.63, 3.8) is 0 Å². The predicted octanol–water partition coefficient (Wildman–Crippen LogP) is 5.33. The van der Waals surface area contributed by atoms with Crippen molar-refractivity contribution < 1.29 is 14.3 Å². The normalized spacial score (nSPS) is 19.2. The summed E-state index contributed by atoms with van der Waals surface area (Å²) < 4.78 is 11.5. The SMILES string of the molecule is Cc1cc(OCc2ccc(Cl)cc2)c(C)c2c1CC[C@@H](C)[C@H]2OC=O. The Morgan fingerprint density at radius 1 is 1.24 bits per heavy atom. The van der Waals surface area contributed by atoms with Crippen LogP contribution in [0.2, 0.25) is 5.02 Å². The van der Waals surface area contributed by atoms with Crippen LogP contribution in [-0.4, -0.2) is 6.47 Å². The summed E-state index contributed by atoms with van der Waals surface area (Å²) in [6.07, 6.45) is 1.84. The first-order chi connectivity index (χ1) is 12.0. The molecule has 132 valence electrons. The molecule has 0 spiro atoms. The van der Waals surface area contributed by atoms with Gasteiger partial charge in [0.05, 0.1) is 0 Å². The van der Waals surface area contributed by atoms with Gasteiger partial charge in [-0.3, -0.25) is 4.79 Å². The topological polar surface area (TPSA) is 35.5 Å². The second kappa shape index (κ2) is 7.49. The molecule has 2 atom stereocenters. The highest BCUT2D eigenvalue weighted by molar-refractivity contribution is 6.30. The zero-order chi connectivity index (χ0) is 18.0. The number of carbonyl (C=O) groups excluding carboxylic acids is 1. The number of fused-ring (bicyclic) bond motifs is 1. The van der Waals surface area contributed by atoms with Gasteiger partial charge in [0.1, 0.15) is 18.5 Å². The molecule has 0 aromatic heterocycles. The van der Waals surface area contributed by atoms with Crippen LogP contribution < -0.4 is 4.74 Å². The Kier molecular flexibility index (Phi) is 5.33. The molecule has 0 saturated carbocycles. The van der Waals surface area contributed by atoms with Crippen molar-refractivity contribution in [2.45, 2.75) is 46.3 Å². The maximum atomic E-state index is 11.0. The summed E-state index contributed by atoms with van der Waals surface area (Å²) in [7, 11) is 0. The zero-order valence-corrected chi connectivity index (χ0v) is 15.6. The number of rotatable bonds is 5. The van der Waals surface area contributed by atoms with E-state index in [0.717, 1.165) is 35.3 Å². The lowest BCUT2D eigenvalue weighted by Gasteiger charge is -2.33. The largest absolute Gasteiger partial charge is 0.489 e. The lowest BCUT2D eigenvalue weighted by atomic mass is 9.78. The van der Waals surface area contributed by atoms with E-state index in [1.807, 2.05) is 24.3 Å². The minimum Gasteiger partial charge on any atom is -0.489 e. The first-order valence-electron chi connectivity index (χ1n) is 8.60. The molecule has 3 rings (SSSR count). The number of benzene rings is 2. The van der Waals surface area contributed by atoms with E-state index in [2.05, 4.69) is 26.8 Å². The summed E-state index contributed by atoms with van der Waals surface area (Å²) in [4.78, 5) is 11.0. The van der Waals surface area contributed by atoms with Gasteiger partial charge in [0.15, 0.2) is 0 Å². The third-order valence-electron chi connectivity index (χ3n) is 5.08. The van der Waals surface area contributed by atoms with Crippen molar-refractivity contribution in [2.24, 2.45) is 5.92 Å². The molecule has 0 N–H and O–H groups in total. The van der Waals surface area contributed by atoms with Crippen LogP contribution >= 0.6 is 11.6 Å². The molecule has 1 aliphatic rings. The predicted molar refractivity (Wildman–Crippen MR) is 99.1 cm³/mol. The summed E-state index contributed by atoms with van der Waals surface area (Å²) in [5, 5.41) is 0.715. The van der Waals surface area contributed by atoms with Crippen LogP contribution in [0.15, 0.2) is 30.3 Å². The van der Waals surface area contributed by atoms with Crippen LogP contribution in [-0.2, 0) is 22.6 Å². The van der Waals surface area contributed by atoms with E-state index in [0.29, 0.717) is 24.0 Å². The molecule has 0 bridgehead atoms. The molecule has 0 heterocycles. The summed E-state index contributed by atoms with van der Waals surface area (Å²) in [5.74, 6) is 1.15. The van der Waals surface area contributed by atoms with Crippen LogP contribution in [0.4, 0.5) is 0 Å². The molecule has 1 aliphatic carbocycles. The third kappa shape index (κ3) is 3.67. The maximum Gasteiger partial charge on any atom is 0.293 e. The van der Waals surface area contributed by atoms with Crippen molar-refractivity contribution in [2.75, 3.05) is 0 Å². The van der Waals surface area contributed by atoms with Gasteiger partial charge >= 0.3 is 0 Å².